The van der Waals surface area contributed by atoms with E-state index in [1.54, 1.807) is 26.0 Å². The zero-order chi connectivity index (χ0) is 24.4. The van der Waals surface area contributed by atoms with Gasteiger partial charge in [-0.3, -0.25) is 14.4 Å². The van der Waals surface area contributed by atoms with Crippen LogP contribution in [0.15, 0.2) is 24.3 Å². The fraction of sp³-hybridized carbons (Fsp3) is 0.500. The van der Waals surface area contributed by atoms with Crippen LogP contribution in [0, 0.1) is 5.92 Å². The maximum atomic E-state index is 12.9. The number of hydrogen-bond acceptors (Lipinski definition) is 8. The molecule has 3 amide bonds. The van der Waals surface area contributed by atoms with E-state index >= 15 is 0 Å². The highest BCUT2D eigenvalue weighted by molar-refractivity contribution is 7.80. The topological polar surface area (TPSA) is 171 Å². The lowest BCUT2D eigenvalue weighted by molar-refractivity contribution is -0.143. The first kappa shape index (κ1) is 27.6. The average molecular weight is 487 g/mol. The molecular formula is C20H30N4O6S2. The number of phenolic OH excluding ortho intramolecular Hbond substituents is 1. The molecule has 0 fully saturated rings. The Hall–Kier alpha value is -2.44. The Labute approximate surface area is 197 Å². The summed E-state index contributed by atoms with van der Waals surface area (Å²) < 4.78 is 0. The number of phenols is 1. The maximum Gasteiger partial charge on any atom is 0.326 e. The normalized spacial score (nSPS) is 14.7. The number of aliphatic carboxylic acids is 1. The lowest BCUT2D eigenvalue weighted by atomic mass is 10.0. The predicted octanol–water partition coefficient (Wildman–Crippen LogP) is -0.683. The Morgan fingerprint density at radius 1 is 0.906 bits per heavy atom. The van der Waals surface area contributed by atoms with Crippen LogP contribution in [0.5, 0.6) is 5.75 Å². The molecule has 12 heteroatoms. The molecule has 4 unspecified atom stereocenters. The van der Waals surface area contributed by atoms with Crippen molar-refractivity contribution in [2.75, 3.05) is 11.5 Å². The van der Waals surface area contributed by atoms with Gasteiger partial charge in [0.15, 0.2) is 0 Å². The third kappa shape index (κ3) is 8.60. The molecule has 1 rings (SSSR count). The number of carboxylic acids is 1. The molecule has 0 saturated heterocycles. The van der Waals surface area contributed by atoms with Gasteiger partial charge in [-0.1, -0.05) is 26.0 Å². The highest BCUT2D eigenvalue weighted by Crippen LogP contribution is 2.12. The quantitative estimate of drug-likeness (QED) is 0.181. The van der Waals surface area contributed by atoms with Gasteiger partial charge in [0, 0.05) is 17.9 Å². The Balaban J connectivity index is 3.06. The van der Waals surface area contributed by atoms with Crippen molar-refractivity contribution in [2.24, 2.45) is 11.7 Å². The van der Waals surface area contributed by atoms with E-state index in [0.717, 1.165) is 0 Å². The fourth-order valence-corrected chi connectivity index (χ4v) is 3.10. The van der Waals surface area contributed by atoms with Crippen molar-refractivity contribution in [1.82, 2.24) is 16.0 Å². The number of nitrogens with one attached hydrogen (secondary N) is 3. The summed E-state index contributed by atoms with van der Waals surface area (Å²) in [7, 11) is 0. The van der Waals surface area contributed by atoms with Crippen LogP contribution in [0.4, 0.5) is 0 Å². The van der Waals surface area contributed by atoms with Crippen molar-refractivity contribution >= 4 is 48.9 Å². The Bertz CT molecular complexity index is 806. The predicted molar refractivity (Wildman–Crippen MR) is 126 cm³/mol. The summed E-state index contributed by atoms with van der Waals surface area (Å²) in [5.74, 6) is -3.54. The number of thiol groups is 2. The molecule has 0 radical (unpaired) electrons. The summed E-state index contributed by atoms with van der Waals surface area (Å²) in [4.78, 5) is 49.1. The summed E-state index contributed by atoms with van der Waals surface area (Å²) in [6, 6.07) is 1.69. The van der Waals surface area contributed by atoms with Crippen LogP contribution in [0.2, 0.25) is 0 Å². The average Bonchev–Trinajstić information content (AvgIpc) is 2.75. The lowest BCUT2D eigenvalue weighted by Crippen LogP contribution is -2.58. The molecule has 0 heterocycles. The molecule has 0 bridgehead atoms. The van der Waals surface area contributed by atoms with E-state index in [-0.39, 0.29) is 23.7 Å². The van der Waals surface area contributed by atoms with Gasteiger partial charge >= 0.3 is 5.97 Å². The second kappa shape index (κ2) is 13.2. The number of carboxylic acid groups (broad SMARTS) is 1. The number of nitrogens with two attached hydrogens (primary N) is 1. The molecule has 0 spiro atoms. The van der Waals surface area contributed by atoms with E-state index in [4.69, 9.17) is 5.73 Å². The molecule has 0 aliphatic heterocycles. The van der Waals surface area contributed by atoms with E-state index in [0.29, 0.717) is 5.56 Å². The largest absolute Gasteiger partial charge is 0.508 e. The molecule has 4 atom stereocenters. The third-order valence-electron chi connectivity index (χ3n) is 4.59. The number of benzene rings is 1. The van der Waals surface area contributed by atoms with Crippen LogP contribution in [-0.2, 0) is 25.6 Å². The first-order chi connectivity index (χ1) is 15.0. The Kier molecular flexibility index (Phi) is 11.4. The van der Waals surface area contributed by atoms with Gasteiger partial charge in [0.1, 0.15) is 23.9 Å². The summed E-state index contributed by atoms with van der Waals surface area (Å²) in [6.07, 6.45) is 0.0195. The second-order valence-corrected chi connectivity index (χ2v) is 8.26. The monoisotopic (exact) mass is 486 g/mol. The molecule has 0 aliphatic carbocycles. The summed E-state index contributed by atoms with van der Waals surface area (Å²) in [5, 5.41) is 26.3. The number of carbonyl (C=O) groups is 4. The van der Waals surface area contributed by atoms with Gasteiger partial charge in [-0.2, -0.15) is 25.3 Å². The molecule has 32 heavy (non-hydrogen) atoms. The number of rotatable bonds is 12. The summed E-state index contributed by atoms with van der Waals surface area (Å²) in [5.41, 5.74) is 6.22. The maximum absolute atomic E-state index is 12.9. The van der Waals surface area contributed by atoms with Crippen LogP contribution in [0.1, 0.15) is 19.4 Å². The van der Waals surface area contributed by atoms with E-state index in [1.807, 2.05) is 0 Å². The van der Waals surface area contributed by atoms with Gasteiger partial charge in [0.25, 0.3) is 0 Å². The molecule has 0 aliphatic rings. The van der Waals surface area contributed by atoms with Crippen molar-refractivity contribution in [1.29, 1.82) is 0 Å². The van der Waals surface area contributed by atoms with Crippen LogP contribution in [0.3, 0.4) is 0 Å². The van der Waals surface area contributed by atoms with E-state index in [1.165, 1.54) is 12.1 Å². The SMILES string of the molecule is CC(C)C(NC(=O)C(Cc1ccc(O)cc1)NC(=O)C(CS)NC(=O)C(N)CS)C(=O)O. The van der Waals surface area contributed by atoms with Gasteiger partial charge in [-0.25, -0.2) is 4.79 Å². The van der Waals surface area contributed by atoms with Gasteiger partial charge in [-0.15, -0.1) is 0 Å². The first-order valence-electron chi connectivity index (χ1n) is 9.89. The smallest absolute Gasteiger partial charge is 0.326 e. The van der Waals surface area contributed by atoms with Crippen molar-refractivity contribution < 1.29 is 29.4 Å². The minimum atomic E-state index is -1.20. The zero-order valence-corrected chi connectivity index (χ0v) is 19.6. The molecular weight excluding hydrogens is 456 g/mol. The lowest BCUT2D eigenvalue weighted by Gasteiger charge is -2.25. The molecule has 0 aromatic heterocycles. The minimum absolute atomic E-state index is 0.0195. The Morgan fingerprint density at radius 2 is 1.44 bits per heavy atom. The van der Waals surface area contributed by atoms with Crippen molar-refractivity contribution in [3.05, 3.63) is 29.8 Å². The van der Waals surface area contributed by atoms with E-state index < -0.39 is 53.8 Å². The van der Waals surface area contributed by atoms with E-state index in [9.17, 15) is 29.4 Å². The molecule has 1 aromatic carbocycles. The second-order valence-electron chi connectivity index (χ2n) is 7.53. The molecule has 10 nitrogen and oxygen atoms in total. The van der Waals surface area contributed by atoms with Crippen molar-refractivity contribution in [2.45, 2.75) is 44.4 Å². The van der Waals surface area contributed by atoms with Crippen LogP contribution < -0.4 is 21.7 Å². The highest BCUT2D eigenvalue weighted by Gasteiger charge is 2.31. The summed E-state index contributed by atoms with van der Waals surface area (Å²) in [6.45, 7) is 3.29. The Morgan fingerprint density at radius 3 is 1.91 bits per heavy atom. The van der Waals surface area contributed by atoms with Crippen LogP contribution in [-0.4, -0.2) is 69.6 Å². The number of amides is 3. The molecule has 178 valence electrons. The number of carbonyl (C=O) groups excluding carboxylic acids is 3. The summed E-state index contributed by atoms with van der Waals surface area (Å²) >= 11 is 8.02. The fourth-order valence-electron chi connectivity index (χ4n) is 2.67. The number of hydrogen-bond donors (Lipinski definition) is 8. The van der Waals surface area contributed by atoms with Gasteiger partial charge in [0.2, 0.25) is 17.7 Å². The standard InChI is InChI=1S/C20H30N4O6S2/c1-10(2)16(20(29)30)24-18(27)14(7-11-3-5-12(25)6-4-11)22-19(28)15(9-32)23-17(26)13(21)8-31/h3-6,10,13-16,25,31-32H,7-9,21H2,1-2H3,(H,22,28)(H,23,26)(H,24,27)(H,29,30). The van der Waals surface area contributed by atoms with Gasteiger partial charge < -0.3 is 31.9 Å². The van der Waals surface area contributed by atoms with Crippen molar-refractivity contribution in [3.8, 4) is 5.75 Å². The molecule has 7 N–H and O–H groups in total. The minimum Gasteiger partial charge on any atom is -0.508 e. The first-order valence-corrected chi connectivity index (χ1v) is 11.2. The van der Waals surface area contributed by atoms with Gasteiger partial charge in [-0.05, 0) is 23.6 Å². The van der Waals surface area contributed by atoms with Crippen molar-refractivity contribution in [3.63, 3.8) is 0 Å². The highest BCUT2D eigenvalue weighted by atomic mass is 32.1. The zero-order valence-electron chi connectivity index (χ0n) is 17.8. The third-order valence-corrected chi connectivity index (χ3v) is 5.35. The van der Waals surface area contributed by atoms with Crippen LogP contribution in [0.25, 0.3) is 0 Å². The molecule has 0 saturated carbocycles. The number of aromatic hydroxyl groups is 1. The van der Waals surface area contributed by atoms with E-state index in [2.05, 4.69) is 41.2 Å². The molecule has 1 aromatic rings. The van der Waals surface area contributed by atoms with Crippen LogP contribution >= 0.6 is 25.3 Å². The van der Waals surface area contributed by atoms with Gasteiger partial charge in [0.05, 0.1) is 6.04 Å².